The zero-order valence-electron chi connectivity index (χ0n) is 21.0. The van der Waals surface area contributed by atoms with Crippen molar-refractivity contribution in [3.05, 3.63) is 130 Å². The average Bonchev–Trinajstić information content (AvgIpc) is 2.89. The van der Waals surface area contributed by atoms with Crippen molar-refractivity contribution in [3.8, 4) is 0 Å². The average molecular weight is 533 g/mol. The third kappa shape index (κ3) is 6.21. The Morgan fingerprint density at radius 2 is 1.43 bits per heavy atom. The number of nitrogens with zero attached hydrogens (tertiary/aromatic N) is 1. The van der Waals surface area contributed by atoms with Crippen molar-refractivity contribution in [3.63, 3.8) is 0 Å². The van der Waals surface area contributed by atoms with Crippen LogP contribution in [0.2, 0.25) is 5.02 Å². The van der Waals surface area contributed by atoms with E-state index in [1.54, 1.807) is 12.1 Å². The summed E-state index contributed by atoms with van der Waals surface area (Å²) in [4.78, 5) is 13.6. The van der Waals surface area contributed by atoms with Crippen molar-refractivity contribution < 1.29 is 13.2 Å². The summed E-state index contributed by atoms with van der Waals surface area (Å²) in [6.45, 7) is 5.48. The molecule has 0 aliphatic carbocycles. The molecule has 190 valence electrons. The lowest BCUT2D eigenvalue weighted by Gasteiger charge is -2.27. The highest BCUT2D eigenvalue weighted by molar-refractivity contribution is 7.92. The first-order valence-electron chi connectivity index (χ1n) is 11.9. The van der Waals surface area contributed by atoms with Crippen LogP contribution in [0.1, 0.15) is 33.9 Å². The molecule has 37 heavy (non-hydrogen) atoms. The number of benzene rings is 4. The number of halogens is 1. The summed E-state index contributed by atoms with van der Waals surface area (Å²) < 4.78 is 28.6. The van der Waals surface area contributed by atoms with Gasteiger partial charge < -0.3 is 5.32 Å². The fourth-order valence-electron chi connectivity index (χ4n) is 4.03. The molecule has 0 fully saturated rings. The van der Waals surface area contributed by atoms with Gasteiger partial charge in [-0.3, -0.25) is 9.10 Å². The predicted molar refractivity (Wildman–Crippen MR) is 150 cm³/mol. The molecule has 0 aliphatic heterocycles. The zero-order chi connectivity index (χ0) is 26.6. The van der Waals surface area contributed by atoms with E-state index in [1.165, 1.54) is 24.3 Å². The molecular formula is C30H29ClN2O3S. The molecule has 0 radical (unpaired) electrons. The van der Waals surface area contributed by atoms with E-state index < -0.39 is 22.0 Å². The van der Waals surface area contributed by atoms with Crippen molar-refractivity contribution in [2.24, 2.45) is 0 Å². The molecule has 0 spiro atoms. The molecule has 0 saturated heterocycles. The molecule has 7 heteroatoms. The number of rotatable bonds is 8. The van der Waals surface area contributed by atoms with Gasteiger partial charge in [0.1, 0.15) is 6.54 Å². The summed E-state index contributed by atoms with van der Waals surface area (Å²) in [7, 11) is -4.05. The smallest absolute Gasteiger partial charge is 0.264 e. The van der Waals surface area contributed by atoms with Gasteiger partial charge in [0.25, 0.3) is 10.0 Å². The Labute approximate surface area is 223 Å². The molecule has 0 aromatic heterocycles. The molecular weight excluding hydrogens is 504 g/mol. The lowest BCUT2D eigenvalue weighted by Crippen LogP contribution is -2.42. The van der Waals surface area contributed by atoms with E-state index in [1.807, 2.05) is 81.4 Å². The quantitative estimate of drug-likeness (QED) is 0.287. The summed E-state index contributed by atoms with van der Waals surface area (Å²) >= 11 is 5.99. The summed E-state index contributed by atoms with van der Waals surface area (Å²) in [5.41, 5.74) is 5.29. The van der Waals surface area contributed by atoms with E-state index in [0.717, 1.165) is 32.1 Å². The number of aryl methyl sites for hydroxylation is 3. The van der Waals surface area contributed by atoms with Crippen molar-refractivity contribution in [2.45, 2.75) is 31.7 Å². The Balaban J connectivity index is 1.70. The maximum atomic E-state index is 13.7. The van der Waals surface area contributed by atoms with Gasteiger partial charge in [0.15, 0.2) is 0 Å². The highest BCUT2D eigenvalue weighted by atomic mass is 35.5. The molecule has 1 amide bonds. The number of hydrogen-bond acceptors (Lipinski definition) is 3. The molecule has 5 nitrogen and oxygen atoms in total. The Morgan fingerprint density at radius 1 is 0.811 bits per heavy atom. The number of nitrogens with one attached hydrogen (secondary N) is 1. The van der Waals surface area contributed by atoms with Crippen LogP contribution in [-0.4, -0.2) is 20.9 Å². The number of anilines is 1. The molecule has 0 unspecified atom stereocenters. The minimum atomic E-state index is -4.05. The normalized spacial score (nSPS) is 12.1. The van der Waals surface area contributed by atoms with E-state index >= 15 is 0 Å². The van der Waals surface area contributed by atoms with Crippen LogP contribution in [0.3, 0.4) is 0 Å². The Kier molecular flexibility index (Phi) is 8.00. The van der Waals surface area contributed by atoms with Gasteiger partial charge in [0.2, 0.25) is 5.91 Å². The molecule has 0 aliphatic rings. The summed E-state index contributed by atoms with van der Waals surface area (Å²) in [5.74, 6) is -0.426. The van der Waals surface area contributed by atoms with Gasteiger partial charge in [0.05, 0.1) is 16.6 Å². The number of sulfonamides is 1. The second-order valence-corrected chi connectivity index (χ2v) is 11.4. The molecule has 4 aromatic carbocycles. The van der Waals surface area contributed by atoms with Gasteiger partial charge in [-0.15, -0.1) is 0 Å². The van der Waals surface area contributed by atoms with Crippen molar-refractivity contribution in [1.29, 1.82) is 0 Å². The van der Waals surface area contributed by atoms with Gasteiger partial charge >= 0.3 is 0 Å². The van der Waals surface area contributed by atoms with E-state index in [9.17, 15) is 13.2 Å². The van der Waals surface area contributed by atoms with E-state index in [4.69, 9.17) is 11.6 Å². The fourth-order valence-corrected chi connectivity index (χ4v) is 5.57. The topological polar surface area (TPSA) is 66.5 Å². The highest BCUT2D eigenvalue weighted by Gasteiger charge is 2.28. The van der Waals surface area contributed by atoms with Crippen LogP contribution in [-0.2, 0) is 14.8 Å². The summed E-state index contributed by atoms with van der Waals surface area (Å²) in [6.07, 6.45) is 0. The second kappa shape index (κ2) is 11.2. The molecule has 0 heterocycles. The van der Waals surface area contributed by atoms with E-state index in [0.29, 0.717) is 10.7 Å². The van der Waals surface area contributed by atoms with Crippen LogP contribution >= 0.6 is 11.6 Å². The van der Waals surface area contributed by atoms with Crippen molar-refractivity contribution >= 4 is 33.2 Å². The van der Waals surface area contributed by atoms with Gasteiger partial charge in [-0.2, -0.15) is 0 Å². The lowest BCUT2D eigenvalue weighted by atomic mass is 9.98. The predicted octanol–water partition coefficient (Wildman–Crippen LogP) is 6.37. The molecule has 4 aromatic rings. The Morgan fingerprint density at radius 3 is 2.05 bits per heavy atom. The number of hydrogen-bond donors (Lipinski definition) is 1. The van der Waals surface area contributed by atoms with Gasteiger partial charge in [-0.1, -0.05) is 77.8 Å². The number of carbonyl (C=O) groups is 1. The van der Waals surface area contributed by atoms with Crippen LogP contribution < -0.4 is 9.62 Å². The van der Waals surface area contributed by atoms with Crippen molar-refractivity contribution in [1.82, 2.24) is 5.32 Å². The maximum absolute atomic E-state index is 13.7. The van der Waals surface area contributed by atoms with Gasteiger partial charge in [0, 0.05) is 5.02 Å². The first kappa shape index (κ1) is 26.5. The van der Waals surface area contributed by atoms with Crippen LogP contribution in [0.25, 0.3) is 0 Å². The number of carbonyl (C=O) groups excluding carboxylic acids is 1. The Hall–Kier alpha value is -3.61. The van der Waals surface area contributed by atoms with E-state index in [-0.39, 0.29) is 11.4 Å². The van der Waals surface area contributed by atoms with Crippen LogP contribution in [0.15, 0.2) is 102 Å². The van der Waals surface area contributed by atoms with Crippen molar-refractivity contribution in [2.75, 3.05) is 10.8 Å². The molecule has 1 N–H and O–H groups in total. The van der Waals surface area contributed by atoms with E-state index in [2.05, 4.69) is 5.32 Å². The SMILES string of the molecule is Cc1ccc([C@@H](NC(=O)CN(c2ccc(C)c(C)c2)S(=O)(=O)c2ccc(Cl)cc2)c2ccccc2)cc1. The van der Waals surface area contributed by atoms with Gasteiger partial charge in [-0.05, 0) is 79.4 Å². The first-order valence-corrected chi connectivity index (χ1v) is 13.7. The third-order valence-corrected chi connectivity index (χ3v) is 8.36. The standard InChI is InChI=1S/C30H29ClN2O3S/c1-21-9-12-25(13-10-21)30(24-7-5-4-6-8-24)32-29(34)20-33(27-16-11-22(2)23(3)19-27)37(35,36)28-17-14-26(31)15-18-28/h4-19,30H,20H2,1-3H3,(H,32,34)/t30-/m0/s1. The third-order valence-electron chi connectivity index (χ3n) is 6.32. The lowest BCUT2D eigenvalue weighted by molar-refractivity contribution is -0.120. The van der Waals surface area contributed by atoms with Crippen LogP contribution in [0, 0.1) is 20.8 Å². The summed E-state index contributed by atoms with van der Waals surface area (Å²) in [5, 5.41) is 3.49. The highest BCUT2D eigenvalue weighted by Crippen LogP contribution is 2.27. The number of amides is 1. The Bertz CT molecular complexity index is 1490. The molecule has 4 rings (SSSR count). The minimum absolute atomic E-state index is 0.0565. The molecule has 0 saturated carbocycles. The monoisotopic (exact) mass is 532 g/mol. The molecule has 0 bridgehead atoms. The zero-order valence-corrected chi connectivity index (χ0v) is 22.6. The maximum Gasteiger partial charge on any atom is 0.264 e. The first-order chi connectivity index (χ1) is 17.6. The van der Waals surface area contributed by atoms with Crippen LogP contribution in [0.4, 0.5) is 5.69 Å². The second-order valence-electron chi connectivity index (χ2n) is 9.06. The minimum Gasteiger partial charge on any atom is -0.344 e. The van der Waals surface area contributed by atoms with Crippen LogP contribution in [0.5, 0.6) is 0 Å². The molecule has 1 atom stereocenters. The summed E-state index contributed by atoms with van der Waals surface area (Å²) in [6, 6.07) is 28.4. The van der Waals surface area contributed by atoms with Gasteiger partial charge in [-0.25, -0.2) is 8.42 Å². The largest absolute Gasteiger partial charge is 0.344 e. The fraction of sp³-hybridized carbons (Fsp3) is 0.167.